The predicted octanol–water partition coefficient (Wildman–Crippen LogP) is 2.95. The van der Waals surface area contributed by atoms with Crippen LogP contribution >= 0.6 is 0 Å². The summed E-state index contributed by atoms with van der Waals surface area (Å²) < 4.78 is 13.0. The third-order valence-corrected chi connectivity index (χ3v) is 3.64. The maximum absolute atomic E-state index is 13.0. The van der Waals surface area contributed by atoms with Gasteiger partial charge in [-0.15, -0.1) is 0 Å². The van der Waals surface area contributed by atoms with Gasteiger partial charge >= 0.3 is 5.69 Å². The van der Waals surface area contributed by atoms with Crippen LogP contribution < -0.4 is 16.2 Å². The van der Waals surface area contributed by atoms with Gasteiger partial charge in [-0.05, 0) is 29.8 Å². The van der Waals surface area contributed by atoms with Crippen LogP contribution in [0.1, 0.15) is 5.56 Å². The molecule has 3 aromatic rings. The van der Waals surface area contributed by atoms with Crippen LogP contribution in [0.15, 0.2) is 60.9 Å². The molecule has 3 rings (SSSR count). The molecule has 142 valence electrons. The van der Waals surface area contributed by atoms with Crippen LogP contribution in [0.2, 0.25) is 0 Å². The van der Waals surface area contributed by atoms with Crippen molar-refractivity contribution in [3.8, 4) is 0 Å². The molecule has 1 heterocycles. The number of anilines is 3. The summed E-state index contributed by atoms with van der Waals surface area (Å²) in [5, 5.41) is 14.2. The molecule has 0 spiro atoms. The number of rotatable bonds is 7. The first-order valence-corrected chi connectivity index (χ1v) is 8.13. The third kappa shape index (κ3) is 4.75. The molecular weight excluding hydrogens is 367 g/mol. The van der Waals surface area contributed by atoms with Gasteiger partial charge in [-0.1, -0.05) is 30.3 Å². The topological polar surface area (TPSA) is 122 Å². The summed E-state index contributed by atoms with van der Waals surface area (Å²) in [6.07, 6.45) is 1.19. The number of aromatic nitrogens is 2. The Morgan fingerprint density at radius 3 is 2.39 bits per heavy atom. The van der Waals surface area contributed by atoms with E-state index in [2.05, 4.69) is 26.1 Å². The zero-order valence-electron chi connectivity index (χ0n) is 14.4. The minimum absolute atomic E-state index is 0.0907. The van der Waals surface area contributed by atoms with Crippen molar-refractivity contribution in [3.63, 3.8) is 0 Å². The molecule has 3 N–H and O–H groups in total. The highest BCUT2D eigenvalue weighted by Gasteiger charge is 2.23. The molecule has 0 fully saturated rings. The van der Waals surface area contributed by atoms with Crippen molar-refractivity contribution in [2.45, 2.75) is 6.42 Å². The molecule has 0 unspecified atom stereocenters. The molecule has 0 aliphatic carbocycles. The third-order valence-electron chi connectivity index (χ3n) is 3.64. The quantitative estimate of drug-likeness (QED) is 0.424. The van der Waals surface area contributed by atoms with E-state index in [0.717, 1.165) is 11.9 Å². The number of hydrogen-bond donors (Lipinski definition) is 3. The van der Waals surface area contributed by atoms with E-state index in [-0.39, 0.29) is 18.1 Å². The van der Waals surface area contributed by atoms with Crippen LogP contribution in [0.3, 0.4) is 0 Å². The molecule has 0 atom stereocenters. The number of carbonyl (C=O) groups excluding carboxylic acids is 1. The predicted molar refractivity (Wildman–Crippen MR) is 100 cm³/mol. The van der Waals surface area contributed by atoms with Gasteiger partial charge in [0.15, 0.2) is 0 Å². The smallest absolute Gasteiger partial charge is 0.334 e. The van der Waals surface area contributed by atoms with Crippen LogP contribution in [0.25, 0.3) is 0 Å². The van der Waals surface area contributed by atoms with E-state index in [1.807, 2.05) is 6.07 Å². The van der Waals surface area contributed by atoms with Gasteiger partial charge in [-0.2, -0.15) is 0 Å². The fourth-order valence-corrected chi connectivity index (χ4v) is 2.36. The zero-order valence-corrected chi connectivity index (χ0v) is 14.4. The zero-order chi connectivity index (χ0) is 19.9. The van der Waals surface area contributed by atoms with E-state index in [9.17, 15) is 19.3 Å². The van der Waals surface area contributed by atoms with Gasteiger partial charge in [0.25, 0.3) is 0 Å². The highest BCUT2D eigenvalue weighted by Crippen LogP contribution is 2.30. The number of nitro groups is 1. The van der Waals surface area contributed by atoms with Crippen LogP contribution in [-0.4, -0.2) is 20.8 Å². The molecular formula is C18H15FN6O3. The van der Waals surface area contributed by atoms with Gasteiger partial charge in [-0.25, -0.2) is 14.4 Å². The highest BCUT2D eigenvalue weighted by molar-refractivity contribution is 5.81. The van der Waals surface area contributed by atoms with Crippen LogP contribution in [-0.2, 0) is 11.2 Å². The molecule has 0 bridgehead atoms. The summed E-state index contributed by atoms with van der Waals surface area (Å²) in [6.45, 7) is 0. The highest BCUT2D eigenvalue weighted by atomic mass is 19.1. The second kappa shape index (κ2) is 8.54. The molecule has 0 saturated carbocycles. The summed E-state index contributed by atoms with van der Waals surface area (Å²) in [4.78, 5) is 30.5. The Labute approximate surface area is 158 Å². The van der Waals surface area contributed by atoms with Crippen molar-refractivity contribution >= 4 is 28.9 Å². The second-order valence-electron chi connectivity index (χ2n) is 5.64. The molecule has 2 aromatic carbocycles. The fourth-order valence-electron chi connectivity index (χ4n) is 2.36. The minimum atomic E-state index is -0.683. The van der Waals surface area contributed by atoms with E-state index in [1.54, 1.807) is 24.3 Å². The lowest BCUT2D eigenvalue weighted by molar-refractivity contribution is -0.383. The molecule has 0 aliphatic heterocycles. The molecule has 28 heavy (non-hydrogen) atoms. The Kier molecular flexibility index (Phi) is 5.70. The average Bonchev–Trinajstić information content (AvgIpc) is 2.69. The average molecular weight is 382 g/mol. The van der Waals surface area contributed by atoms with E-state index >= 15 is 0 Å². The number of nitrogens with zero attached hydrogens (tertiary/aromatic N) is 3. The summed E-state index contributed by atoms with van der Waals surface area (Å²) in [7, 11) is 0. The van der Waals surface area contributed by atoms with Gasteiger partial charge < -0.3 is 5.32 Å². The van der Waals surface area contributed by atoms with Gasteiger partial charge in [0.2, 0.25) is 17.5 Å². The summed E-state index contributed by atoms with van der Waals surface area (Å²) in [5.41, 5.74) is 5.57. The lowest BCUT2D eigenvalue weighted by Gasteiger charge is -2.11. The van der Waals surface area contributed by atoms with Crippen LogP contribution in [0, 0.1) is 15.9 Å². The van der Waals surface area contributed by atoms with Crippen molar-refractivity contribution in [2.24, 2.45) is 0 Å². The van der Waals surface area contributed by atoms with Gasteiger partial charge in [0.1, 0.15) is 12.1 Å². The standard InChI is InChI=1S/C18H15FN6O3/c19-13-6-8-14(9-7-13)22-17-16(25(27)28)18(21-11-20-17)24-23-15(26)10-12-4-2-1-3-5-12/h1-9,11H,10H2,(H,23,26)(H2,20,21,22,24). The maximum Gasteiger partial charge on any atom is 0.355 e. The minimum Gasteiger partial charge on any atom is -0.334 e. The first-order chi connectivity index (χ1) is 13.5. The lowest BCUT2D eigenvalue weighted by atomic mass is 10.1. The van der Waals surface area contributed by atoms with Crippen molar-refractivity contribution in [2.75, 3.05) is 10.7 Å². The summed E-state index contributed by atoms with van der Waals surface area (Å²) in [5.74, 6) is -1.13. The molecule has 9 nitrogen and oxygen atoms in total. The van der Waals surface area contributed by atoms with Gasteiger partial charge in [0.05, 0.1) is 11.3 Å². The SMILES string of the molecule is O=C(Cc1ccccc1)NNc1ncnc(Nc2ccc(F)cc2)c1[N+](=O)[O-]. The number of carbonyl (C=O) groups is 1. The normalized spacial score (nSPS) is 10.2. The van der Waals surface area contributed by atoms with Gasteiger partial charge in [-0.3, -0.25) is 25.8 Å². The van der Waals surface area contributed by atoms with Crippen molar-refractivity contribution in [1.82, 2.24) is 15.4 Å². The number of benzene rings is 2. The number of halogens is 1. The van der Waals surface area contributed by atoms with E-state index < -0.39 is 22.3 Å². The van der Waals surface area contributed by atoms with E-state index in [0.29, 0.717) is 5.69 Å². The van der Waals surface area contributed by atoms with Crippen LogP contribution in [0.5, 0.6) is 0 Å². The van der Waals surface area contributed by atoms with Crippen molar-refractivity contribution in [3.05, 3.63) is 82.4 Å². The first-order valence-electron chi connectivity index (χ1n) is 8.13. The largest absolute Gasteiger partial charge is 0.355 e. The van der Waals surface area contributed by atoms with E-state index in [1.165, 1.54) is 24.3 Å². The van der Waals surface area contributed by atoms with Crippen LogP contribution in [0.4, 0.5) is 27.4 Å². The Morgan fingerprint density at radius 1 is 1.04 bits per heavy atom. The number of nitrogens with one attached hydrogen (secondary N) is 3. The number of hydrazine groups is 1. The maximum atomic E-state index is 13.0. The monoisotopic (exact) mass is 382 g/mol. The molecule has 0 aliphatic rings. The Bertz CT molecular complexity index is 982. The number of amides is 1. The molecule has 0 radical (unpaired) electrons. The lowest BCUT2D eigenvalue weighted by Crippen LogP contribution is -2.31. The second-order valence-corrected chi connectivity index (χ2v) is 5.64. The van der Waals surface area contributed by atoms with Gasteiger partial charge in [0, 0.05) is 5.69 Å². The fraction of sp³-hybridized carbons (Fsp3) is 0.0556. The van der Waals surface area contributed by atoms with Crippen molar-refractivity contribution in [1.29, 1.82) is 0 Å². The Morgan fingerprint density at radius 2 is 1.71 bits per heavy atom. The van der Waals surface area contributed by atoms with E-state index in [4.69, 9.17) is 0 Å². The molecule has 10 heteroatoms. The Hall–Kier alpha value is -4.08. The Balaban J connectivity index is 1.74. The molecule has 1 amide bonds. The molecule has 1 aromatic heterocycles. The number of hydrogen-bond acceptors (Lipinski definition) is 7. The van der Waals surface area contributed by atoms with Crippen molar-refractivity contribution < 1.29 is 14.1 Å². The first kappa shape index (κ1) is 18.7. The molecule has 0 saturated heterocycles. The summed E-state index contributed by atoms with van der Waals surface area (Å²) >= 11 is 0. The summed E-state index contributed by atoms with van der Waals surface area (Å²) in [6, 6.07) is 14.3.